The van der Waals surface area contributed by atoms with Crippen molar-refractivity contribution in [2.75, 3.05) is 26.4 Å². The normalized spacial score (nSPS) is 27.2. The molecule has 2 fully saturated rings. The molecule has 4 heteroatoms. The van der Waals surface area contributed by atoms with Gasteiger partial charge in [0.25, 0.3) is 0 Å². The zero-order valence-corrected chi connectivity index (χ0v) is 12.9. The standard InChI is InChI=1S/C11H20O3.C4H10O/c1-3-5-9(11-7-13-11)14-8(4-2)10-6-12-10;1-3-5-4-2/h8-11H,3-7H2,1-2H3;3-4H2,1-2H3. The van der Waals surface area contributed by atoms with Crippen LogP contribution < -0.4 is 0 Å². The molecule has 0 bridgehead atoms. The average molecular weight is 274 g/mol. The second-order valence-corrected chi connectivity index (χ2v) is 4.93. The second-order valence-electron chi connectivity index (χ2n) is 4.93. The van der Waals surface area contributed by atoms with Crippen molar-refractivity contribution in [3.05, 3.63) is 0 Å². The van der Waals surface area contributed by atoms with Gasteiger partial charge in [0.1, 0.15) is 12.2 Å². The lowest BCUT2D eigenvalue weighted by atomic mass is 10.1. The van der Waals surface area contributed by atoms with Gasteiger partial charge in [-0.15, -0.1) is 0 Å². The van der Waals surface area contributed by atoms with Crippen LogP contribution >= 0.6 is 0 Å². The van der Waals surface area contributed by atoms with Gasteiger partial charge in [0.2, 0.25) is 0 Å². The van der Waals surface area contributed by atoms with Gasteiger partial charge in [0.05, 0.1) is 25.4 Å². The minimum atomic E-state index is 0.288. The van der Waals surface area contributed by atoms with E-state index in [1.54, 1.807) is 0 Å². The minimum absolute atomic E-state index is 0.288. The van der Waals surface area contributed by atoms with Crippen LogP contribution in [0, 0.1) is 0 Å². The highest BCUT2D eigenvalue weighted by molar-refractivity contribution is 4.85. The molecule has 0 aliphatic carbocycles. The van der Waals surface area contributed by atoms with Gasteiger partial charge in [0.15, 0.2) is 0 Å². The van der Waals surface area contributed by atoms with E-state index in [4.69, 9.17) is 18.9 Å². The molecule has 4 nitrogen and oxygen atoms in total. The minimum Gasteiger partial charge on any atom is -0.382 e. The van der Waals surface area contributed by atoms with E-state index in [0.29, 0.717) is 18.3 Å². The van der Waals surface area contributed by atoms with E-state index in [1.807, 2.05) is 13.8 Å². The molecule has 0 saturated carbocycles. The molecule has 19 heavy (non-hydrogen) atoms. The Morgan fingerprint density at radius 3 is 1.79 bits per heavy atom. The van der Waals surface area contributed by atoms with Crippen LogP contribution in [0.5, 0.6) is 0 Å². The van der Waals surface area contributed by atoms with Crippen molar-refractivity contribution < 1.29 is 18.9 Å². The molecule has 2 aliphatic heterocycles. The van der Waals surface area contributed by atoms with Crippen molar-refractivity contribution in [2.24, 2.45) is 0 Å². The molecular weight excluding hydrogens is 244 g/mol. The molecule has 0 radical (unpaired) electrons. The van der Waals surface area contributed by atoms with Gasteiger partial charge in [-0.1, -0.05) is 20.3 Å². The largest absolute Gasteiger partial charge is 0.382 e. The lowest BCUT2D eigenvalue weighted by molar-refractivity contribution is -0.0430. The third kappa shape index (κ3) is 7.25. The van der Waals surface area contributed by atoms with E-state index in [0.717, 1.165) is 45.7 Å². The Hall–Kier alpha value is -0.160. The van der Waals surface area contributed by atoms with Crippen LogP contribution in [0.15, 0.2) is 0 Å². The van der Waals surface area contributed by atoms with E-state index >= 15 is 0 Å². The number of epoxide rings is 2. The Balaban J connectivity index is 0.000000312. The summed E-state index contributed by atoms with van der Waals surface area (Å²) in [6, 6.07) is 0. The average Bonchev–Trinajstić information content (AvgIpc) is 3.29. The Labute approximate surface area is 117 Å². The molecular formula is C15H30O4. The van der Waals surface area contributed by atoms with E-state index in [2.05, 4.69) is 13.8 Å². The summed E-state index contributed by atoms with van der Waals surface area (Å²) in [7, 11) is 0. The molecule has 0 aromatic rings. The van der Waals surface area contributed by atoms with Crippen LogP contribution in [0.3, 0.4) is 0 Å². The summed E-state index contributed by atoms with van der Waals surface area (Å²) in [5.74, 6) is 0. The smallest absolute Gasteiger partial charge is 0.107 e. The first-order chi connectivity index (χ1) is 9.26. The van der Waals surface area contributed by atoms with Gasteiger partial charge in [-0.05, 0) is 26.7 Å². The first-order valence-corrected chi connectivity index (χ1v) is 7.73. The summed E-state index contributed by atoms with van der Waals surface area (Å²) in [5.41, 5.74) is 0. The summed E-state index contributed by atoms with van der Waals surface area (Å²) >= 11 is 0. The zero-order chi connectivity index (χ0) is 14.1. The Morgan fingerprint density at radius 1 is 0.947 bits per heavy atom. The molecule has 0 amide bonds. The van der Waals surface area contributed by atoms with E-state index in [9.17, 15) is 0 Å². The number of rotatable bonds is 9. The SMILES string of the molecule is CCCC(OC(CC)C1CO1)C1CO1.CCOCC. The molecule has 2 heterocycles. The molecule has 114 valence electrons. The molecule has 2 rings (SSSR count). The van der Waals surface area contributed by atoms with Crippen LogP contribution in [-0.4, -0.2) is 50.8 Å². The quantitative estimate of drug-likeness (QED) is 0.606. The summed E-state index contributed by atoms with van der Waals surface area (Å²) in [6.07, 6.45) is 4.61. The van der Waals surface area contributed by atoms with Gasteiger partial charge in [-0.3, -0.25) is 0 Å². The van der Waals surface area contributed by atoms with Crippen molar-refractivity contribution in [1.29, 1.82) is 0 Å². The Kier molecular flexibility index (Phi) is 8.62. The summed E-state index contributed by atoms with van der Waals surface area (Å²) in [4.78, 5) is 0. The molecule has 0 N–H and O–H groups in total. The van der Waals surface area contributed by atoms with Crippen molar-refractivity contribution in [3.63, 3.8) is 0 Å². The fraction of sp³-hybridized carbons (Fsp3) is 1.00. The van der Waals surface area contributed by atoms with Crippen LogP contribution in [0.1, 0.15) is 47.0 Å². The van der Waals surface area contributed by atoms with Gasteiger partial charge in [0, 0.05) is 13.2 Å². The van der Waals surface area contributed by atoms with Crippen LogP contribution in [0.4, 0.5) is 0 Å². The Morgan fingerprint density at radius 2 is 1.47 bits per heavy atom. The van der Waals surface area contributed by atoms with Crippen LogP contribution in [0.25, 0.3) is 0 Å². The van der Waals surface area contributed by atoms with Crippen molar-refractivity contribution in [1.82, 2.24) is 0 Å². The highest BCUT2D eigenvalue weighted by atomic mass is 16.6. The van der Waals surface area contributed by atoms with Crippen LogP contribution in [0.2, 0.25) is 0 Å². The van der Waals surface area contributed by atoms with E-state index in [-0.39, 0.29) is 6.10 Å². The van der Waals surface area contributed by atoms with Crippen molar-refractivity contribution >= 4 is 0 Å². The van der Waals surface area contributed by atoms with Gasteiger partial charge in [-0.2, -0.15) is 0 Å². The monoisotopic (exact) mass is 274 g/mol. The number of hydrogen-bond acceptors (Lipinski definition) is 4. The third-order valence-corrected chi connectivity index (χ3v) is 3.28. The summed E-state index contributed by atoms with van der Waals surface area (Å²) < 4.78 is 21.4. The Bertz CT molecular complexity index is 212. The molecule has 2 saturated heterocycles. The highest BCUT2D eigenvalue weighted by Gasteiger charge is 2.39. The predicted octanol–water partition coefficient (Wildman–Crippen LogP) is 2.79. The molecule has 0 aromatic carbocycles. The zero-order valence-electron chi connectivity index (χ0n) is 12.9. The van der Waals surface area contributed by atoms with Crippen LogP contribution in [-0.2, 0) is 18.9 Å². The molecule has 2 aliphatic rings. The molecule has 0 aromatic heterocycles. The molecule has 0 spiro atoms. The lowest BCUT2D eigenvalue weighted by Gasteiger charge is -2.21. The first kappa shape index (κ1) is 16.9. The fourth-order valence-electron chi connectivity index (χ4n) is 2.04. The summed E-state index contributed by atoms with van der Waals surface area (Å²) in [6.45, 7) is 11.8. The van der Waals surface area contributed by atoms with Gasteiger partial charge < -0.3 is 18.9 Å². The highest BCUT2D eigenvalue weighted by Crippen LogP contribution is 2.27. The maximum absolute atomic E-state index is 6.04. The van der Waals surface area contributed by atoms with Crippen molar-refractivity contribution in [2.45, 2.75) is 71.4 Å². The predicted molar refractivity (Wildman–Crippen MR) is 75.5 cm³/mol. The van der Waals surface area contributed by atoms with Gasteiger partial charge in [-0.25, -0.2) is 0 Å². The van der Waals surface area contributed by atoms with Crippen molar-refractivity contribution in [3.8, 4) is 0 Å². The van der Waals surface area contributed by atoms with E-state index < -0.39 is 0 Å². The third-order valence-electron chi connectivity index (χ3n) is 3.28. The maximum atomic E-state index is 6.04. The molecule has 4 unspecified atom stereocenters. The lowest BCUT2D eigenvalue weighted by Crippen LogP contribution is -2.29. The van der Waals surface area contributed by atoms with Gasteiger partial charge >= 0.3 is 0 Å². The number of hydrogen-bond donors (Lipinski definition) is 0. The first-order valence-electron chi connectivity index (χ1n) is 7.73. The topological polar surface area (TPSA) is 43.5 Å². The summed E-state index contributed by atoms with van der Waals surface area (Å²) in [5, 5.41) is 0. The second kappa shape index (κ2) is 9.70. The fourth-order valence-corrected chi connectivity index (χ4v) is 2.04. The molecule has 4 atom stereocenters. The maximum Gasteiger partial charge on any atom is 0.107 e. The number of ether oxygens (including phenoxy) is 4. The van der Waals surface area contributed by atoms with E-state index in [1.165, 1.54) is 0 Å².